The van der Waals surface area contributed by atoms with Gasteiger partial charge in [0, 0.05) is 20.7 Å². The lowest BCUT2D eigenvalue weighted by Crippen LogP contribution is -2.46. The molecule has 0 heterocycles. The molecule has 0 N–H and O–H groups in total. The molecule has 1 amide bonds. The second-order valence-electron chi connectivity index (χ2n) is 4.58. The van der Waals surface area contributed by atoms with Crippen LogP contribution in [0.25, 0.3) is 0 Å². The van der Waals surface area contributed by atoms with E-state index in [2.05, 4.69) is 0 Å². The maximum absolute atomic E-state index is 12.8. The van der Waals surface area contributed by atoms with Crippen LogP contribution in [-0.4, -0.2) is 30.6 Å². The van der Waals surface area contributed by atoms with E-state index in [1.807, 2.05) is 6.92 Å². The van der Waals surface area contributed by atoms with E-state index in [0.717, 1.165) is 5.56 Å². The van der Waals surface area contributed by atoms with E-state index in [0.29, 0.717) is 13.0 Å². The average molecular weight is 253 g/mol. The van der Waals surface area contributed by atoms with Crippen LogP contribution in [0.4, 0.5) is 4.39 Å². The van der Waals surface area contributed by atoms with Crippen LogP contribution in [0, 0.1) is 5.82 Å². The number of carbonyl (C=O) groups excluding carboxylic acids is 1. The van der Waals surface area contributed by atoms with Gasteiger partial charge in [0.05, 0.1) is 0 Å². The molecule has 18 heavy (non-hydrogen) atoms. The molecule has 0 aromatic heterocycles. The van der Waals surface area contributed by atoms with Gasteiger partial charge in [-0.05, 0) is 31.0 Å². The van der Waals surface area contributed by atoms with Gasteiger partial charge >= 0.3 is 0 Å². The first-order valence-electron chi connectivity index (χ1n) is 5.98. The number of amides is 1. The Morgan fingerprint density at radius 1 is 1.39 bits per heavy atom. The first kappa shape index (κ1) is 14.6. The summed E-state index contributed by atoms with van der Waals surface area (Å²) in [5, 5.41) is 0. The van der Waals surface area contributed by atoms with Gasteiger partial charge < -0.3 is 9.64 Å². The third kappa shape index (κ3) is 3.29. The van der Waals surface area contributed by atoms with E-state index < -0.39 is 5.60 Å². The second kappa shape index (κ2) is 5.96. The topological polar surface area (TPSA) is 29.5 Å². The number of rotatable bonds is 5. The monoisotopic (exact) mass is 253 g/mol. The summed E-state index contributed by atoms with van der Waals surface area (Å²) in [7, 11) is 3.26. The van der Waals surface area contributed by atoms with Crippen LogP contribution in [0.3, 0.4) is 0 Å². The average Bonchev–Trinajstić information content (AvgIpc) is 2.39. The lowest BCUT2D eigenvalue weighted by Gasteiger charge is -2.30. The van der Waals surface area contributed by atoms with Crippen LogP contribution in [-0.2, 0) is 16.1 Å². The number of methoxy groups -OCH3 is 1. The molecule has 0 aliphatic carbocycles. The first-order chi connectivity index (χ1) is 8.42. The Morgan fingerprint density at radius 2 is 1.94 bits per heavy atom. The molecule has 0 bridgehead atoms. The van der Waals surface area contributed by atoms with Crippen LogP contribution in [0.5, 0.6) is 0 Å². The lowest BCUT2D eigenvalue weighted by atomic mass is 10.0. The highest BCUT2D eigenvalue weighted by atomic mass is 19.1. The summed E-state index contributed by atoms with van der Waals surface area (Å²) in [6.45, 7) is 4.13. The van der Waals surface area contributed by atoms with Gasteiger partial charge in [-0.1, -0.05) is 19.1 Å². The summed E-state index contributed by atoms with van der Waals surface area (Å²) in [6, 6.07) is 6.14. The standard InChI is InChI=1S/C14H20FNO2/c1-5-14(2,18-4)13(17)16(3)10-11-6-8-12(15)9-7-11/h6-9H,5,10H2,1-4H3. The van der Waals surface area contributed by atoms with E-state index >= 15 is 0 Å². The van der Waals surface area contributed by atoms with Gasteiger partial charge in [0.15, 0.2) is 0 Å². The number of hydrogen-bond donors (Lipinski definition) is 0. The van der Waals surface area contributed by atoms with Crippen LogP contribution in [0.1, 0.15) is 25.8 Å². The van der Waals surface area contributed by atoms with Gasteiger partial charge in [0.25, 0.3) is 5.91 Å². The van der Waals surface area contributed by atoms with Crippen molar-refractivity contribution < 1.29 is 13.9 Å². The maximum Gasteiger partial charge on any atom is 0.254 e. The van der Waals surface area contributed by atoms with Crippen molar-refractivity contribution in [2.75, 3.05) is 14.2 Å². The molecular weight excluding hydrogens is 233 g/mol. The van der Waals surface area contributed by atoms with Crippen molar-refractivity contribution in [3.63, 3.8) is 0 Å². The highest BCUT2D eigenvalue weighted by molar-refractivity contribution is 5.84. The summed E-state index contributed by atoms with van der Waals surface area (Å²) in [5.41, 5.74) is 0.0937. The van der Waals surface area contributed by atoms with Crippen molar-refractivity contribution in [1.29, 1.82) is 0 Å². The fourth-order valence-electron chi connectivity index (χ4n) is 1.72. The molecule has 1 rings (SSSR count). The minimum atomic E-state index is -0.797. The molecule has 100 valence electrons. The van der Waals surface area contributed by atoms with E-state index in [4.69, 9.17) is 4.74 Å². The Balaban J connectivity index is 2.73. The summed E-state index contributed by atoms with van der Waals surface area (Å²) in [4.78, 5) is 13.8. The molecule has 1 aromatic rings. The molecule has 0 aliphatic rings. The summed E-state index contributed by atoms with van der Waals surface area (Å²) in [6.07, 6.45) is 0.607. The Morgan fingerprint density at radius 3 is 2.39 bits per heavy atom. The molecule has 1 aromatic carbocycles. The highest BCUT2D eigenvalue weighted by Crippen LogP contribution is 2.18. The van der Waals surface area contributed by atoms with Crippen molar-refractivity contribution in [2.45, 2.75) is 32.4 Å². The molecule has 3 nitrogen and oxygen atoms in total. The number of halogens is 1. The minimum absolute atomic E-state index is 0.0724. The van der Waals surface area contributed by atoms with Crippen LogP contribution >= 0.6 is 0 Å². The first-order valence-corrected chi connectivity index (χ1v) is 5.98. The second-order valence-corrected chi connectivity index (χ2v) is 4.58. The third-order valence-electron chi connectivity index (χ3n) is 3.26. The SMILES string of the molecule is CCC(C)(OC)C(=O)N(C)Cc1ccc(F)cc1. The number of carbonyl (C=O) groups is 1. The van der Waals surface area contributed by atoms with E-state index in [1.165, 1.54) is 19.2 Å². The quantitative estimate of drug-likeness (QED) is 0.807. The molecule has 0 radical (unpaired) electrons. The van der Waals surface area contributed by atoms with Gasteiger partial charge in [0.2, 0.25) is 0 Å². The molecular formula is C14H20FNO2. The fourth-order valence-corrected chi connectivity index (χ4v) is 1.72. The number of benzene rings is 1. The molecule has 1 unspecified atom stereocenters. The Hall–Kier alpha value is -1.42. The number of ether oxygens (including phenoxy) is 1. The fraction of sp³-hybridized carbons (Fsp3) is 0.500. The van der Waals surface area contributed by atoms with E-state index in [9.17, 15) is 9.18 Å². The van der Waals surface area contributed by atoms with E-state index in [-0.39, 0.29) is 11.7 Å². The predicted octanol–water partition coefficient (Wildman–Crippen LogP) is 2.60. The Labute approximate surface area is 108 Å². The number of hydrogen-bond acceptors (Lipinski definition) is 2. The molecule has 1 atom stereocenters. The van der Waals surface area contributed by atoms with Gasteiger partial charge in [-0.25, -0.2) is 4.39 Å². The Bertz CT molecular complexity index is 399. The van der Waals surface area contributed by atoms with Gasteiger partial charge in [-0.3, -0.25) is 4.79 Å². The highest BCUT2D eigenvalue weighted by Gasteiger charge is 2.33. The van der Waals surface area contributed by atoms with Crippen molar-refractivity contribution >= 4 is 5.91 Å². The van der Waals surface area contributed by atoms with Crippen LogP contribution in [0.15, 0.2) is 24.3 Å². The largest absolute Gasteiger partial charge is 0.369 e. The normalized spacial score (nSPS) is 14.1. The molecule has 0 saturated heterocycles. The zero-order chi connectivity index (χ0) is 13.8. The van der Waals surface area contributed by atoms with E-state index in [1.54, 1.807) is 31.0 Å². The molecule has 0 spiro atoms. The van der Waals surface area contributed by atoms with Crippen LogP contribution < -0.4 is 0 Å². The van der Waals surface area contributed by atoms with Gasteiger partial charge in [-0.15, -0.1) is 0 Å². The van der Waals surface area contributed by atoms with Gasteiger partial charge in [-0.2, -0.15) is 0 Å². The molecule has 4 heteroatoms. The summed E-state index contributed by atoms with van der Waals surface area (Å²) >= 11 is 0. The van der Waals surface area contributed by atoms with Crippen molar-refractivity contribution in [2.24, 2.45) is 0 Å². The smallest absolute Gasteiger partial charge is 0.254 e. The number of likely N-dealkylation sites (N-methyl/N-ethyl adjacent to an activating group) is 1. The maximum atomic E-state index is 12.8. The lowest BCUT2D eigenvalue weighted by molar-refractivity contribution is -0.152. The summed E-state index contributed by atoms with van der Waals surface area (Å²) < 4.78 is 18.1. The zero-order valence-corrected chi connectivity index (χ0v) is 11.4. The molecule has 0 saturated carbocycles. The predicted molar refractivity (Wildman–Crippen MR) is 68.6 cm³/mol. The third-order valence-corrected chi connectivity index (χ3v) is 3.26. The van der Waals surface area contributed by atoms with Crippen molar-refractivity contribution in [3.8, 4) is 0 Å². The Kier molecular flexibility index (Phi) is 4.84. The van der Waals surface area contributed by atoms with Crippen LogP contribution in [0.2, 0.25) is 0 Å². The molecule has 0 aliphatic heterocycles. The van der Waals surface area contributed by atoms with Crippen molar-refractivity contribution in [3.05, 3.63) is 35.6 Å². The summed E-state index contributed by atoms with van der Waals surface area (Å²) in [5.74, 6) is -0.347. The minimum Gasteiger partial charge on any atom is -0.369 e. The van der Waals surface area contributed by atoms with Crippen molar-refractivity contribution in [1.82, 2.24) is 4.90 Å². The number of nitrogens with zero attached hydrogens (tertiary/aromatic N) is 1. The molecule has 0 fully saturated rings. The zero-order valence-electron chi connectivity index (χ0n) is 11.4. The van der Waals surface area contributed by atoms with Gasteiger partial charge in [0.1, 0.15) is 11.4 Å².